The summed E-state index contributed by atoms with van der Waals surface area (Å²) in [6, 6.07) is -0.269. The van der Waals surface area contributed by atoms with Crippen molar-refractivity contribution >= 4 is 23.3 Å². The Labute approximate surface area is 122 Å². The lowest BCUT2D eigenvalue weighted by atomic mass is 10.2. The molecule has 0 fully saturated rings. The molecule has 6 nitrogen and oxygen atoms in total. The van der Waals surface area contributed by atoms with Gasteiger partial charge in [-0.05, 0) is 6.42 Å². The highest BCUT2D eigenvalue weighted by Gasteiger charge is 2.06. The predicted octanol–water partition coefficient (Wildman–Crippen LogP) is 1.97. The highest BCUT2D eigenvalue weighted by atomic mass is 32.1. The average Bonchev–Trinajstić information content (AvgIpc) is 2.83. The third-order valence-corrected chi connectivity index (χ3v) is 3.78. The zero-order chi connectivity index (χ0) is 15.0. The highest BCUT2D eigenvalue weighted by Crippen LogP contribution is 2.19. The van der Waals surface area contributed by atoms with Crippen molar-refractivity contribution < 1.29 is 14.7 Å². The molecule has 0 bridgehead atoms. The molecule has 20 heavy (non-hydrogen) atoms. The van der Waals surface area contributed by atoms with E-state index in [4.69, 9.17) is 5.11 Å². The first kappa shape index (κ1) is 16.4. The smallest absolute Gasteiger partial charge is 0.314 e. The van der Waals surface area contributed by atoms with Crippen molar-refractivity contribution in [2.24, 2.45) is 0 Å². The minimum atomic E-state index is -0.850. The van der Waals surface area contributed by atoms with Gasteiger partial charge in [-0.1, -0.05) is 13.8 Å². The lowest BCUT2D eigenvalue weighted by molar-refractivity contribution is -0.137. The Morgan fingerprint density at radius 1 is 1.35 bits per heavy atom. The zero-order valence-corrected chi connectivity index (χ0v) is 12.6. The van der Waals surface area contributed by atoms with Crippen molar-refractivity contribution in [3.05, 3.63) is 16.1 Å². The SMILES string of the molecule is CC(C)c1nc(CCNC(=O)NCCCC(=O)O)cs1. The molecule has 0 aliphatic heterocycles. The average molecular weight is 299 g/mol. The van der Waals surface area contributed by atoms with Gasteiger partial charge < -0.3 is 15.7 Å². The molecule has 1 rings (SSSR count). The van der Waals surface area contributed by atoms with E-state index in [9.17, 15) is 9.59 Å². The molecule has 3 N–H and O–H groups in total. The van der Waals surface area contributed by atoms with Crippen LogP contribution in [0.15, 0.2) is 5.38 Å². The van der Waals surface area contributed by atoms with E-state index in [1.165, 1.54) is 0 Å². The van der Waals surface area contributed by atoms with E-state index in [0.29, 0.717) is 31.8 Å². The van der Waals surface area contributed by atoms with Gasteiger partial charge in [0, 0.05) is 37.2 Å². The van der Waals surface area contributed by atoms with Crippen LogP contribution in [0, 0.1) is 0 Å². The minimum absolute atomic E-state index is 0.0666. The molecule has 0 saturated carbocycles. The Hall–Kier alpha value is -1.63. The van der Waals surface area contributed by atoms with Gasteiger partial charge in [-0.15, -0.1) is 11.3 Å². The molecule has 0 unspecified atom stereocenters. The number of aliphatic carboxylic acids is 1. The second-order valence-corrected chi connectivity index (χ2v) is 5.65. The summed E-state index contributed by atoms with van der Waals surface area (Å²) in [5.41, 5.74) is 0.991. The number of urea groups is 1. The molecule has 0 aliphatic rings. The summed E-state index contributed by atoms with van der Waals surface area (Å²) in [6.45, 7) is 5.09. The van der Waals surface area contributed by atoms with E-state index < -0.39 is 5.97 Å². The normalized spacial score (nSPS) is 10.6. The molecule has 0 atom stereocenters. The van der Waals surface area contributed by atoms with Crippen LogP contribution in [0.4, 0.5) is 4.79 Å². The zero-order valence-electron chi connectivity index (χ0n) is 11.8. The number of carbonyl (C=O) groups excluding carboxylic acids is 1. The first-order valence-corrected chi connectivity index (χ1v) is 7.54. The van der Waals surface area contributed by atoms with Gasteiger partial charge in [-0.25, -0.2) is 9.78 Å². The van der Waals surface area contributed by atoms with Crippen molar-refractivity contribution in [2.75, 3.05) is 13.1 Å². The number of amides is 2. The molecular weight excluding hydrogens is 278 g/mol. The standard InChI is InChI=1S/C13H21N3O3S/c1-9(2)12-16-10(8-20-12)5-7-15-13(19)14-6-3-4-11(17)18/h8-9H,3-7H2,1-2H3,(H,17,18)(H2,14,15,19). The molecule has 1 aromatic rings. The monoisotopic (exact) mass is 299 g/mol. The largest absolute Gasteiger partial charge is 0.481 e. The quantitative estimate of drug-likeness (QED) is 0.640. The van der Waals surface area contributed by atoms with E-state index in [1.54, 1.807) is 11.3 Å². The molecule has 2 amide bonds. The van der Waals surface area contributed by atoms with Gasteiger partial charge in [-0.2, -0.15) is 0 Å². The number of thiazole rings is 1. The molecule has 0 saturated heterocycles. The number of hydrogen-bond acceptors (Lipinski definition) is 4. The second kappa shape index (κ2) is 8.52. The van der Waals surface area contributed by atoms with E-state index in [-0.39, 0.29) is 12.5 Å². The molecule has 0 aromatic carbocycles. The molecule has 0 aliphatic carbocycles. The second-order valence-electron chi connectivity index (χ2n) is 4.76. The predicted molar refractivity (Wildman–Crippen MR) is 78.2 cm³/mol. The number of rotatable bonds is 8. The van der Waals surface area contributed by atoms with Gasteiger partial charge in [0.05, 0.1) is 10.7 Å². The Morgan fingerprint density at radius 2 is 2.05 bits per heavy atom. The van der Waals surface area contributed by atoms with Crippen LogP contribution >= 0.6 is 11.3 Å². The maximum Gasteiger partial charge on any atom is 0.314 e. The van der Waals surface area contributed by atoms with Crippen LogP contribution in [-0.4, -0.2) is 35.2 Å². The Kier molecular flexibility index (Phi) is 7.00. The van der Waals surface area contributed by atoms with Crippen LogP contribution < -0.4 is 10.6 Å². The Bertz CT molecular complexity index is 446. The van der Waals surface area contributed by atoms with Crippen molar-refractivity contribution in [1.29, 1.82) is 0 Å². The molecule has 112 valence electrons. The van der Waals surface area contributed by atoms with Gasteiger partial charge in [0.2, 0.25) is 0 Å². The summed E-state index contributed by atoms with van der Waals surface area (Å²) < 4.78 is 0. The first-order valence-electron chi connectivity index (χ1n) is 6.67. The maximum absolute atomic E-state index is 11.4. The third kappa shape index (κ3) is 6.51. The third-order valence-electron chi connectivity index (χ3n) is 2.58. The van der Waals surface area contributed by atoms with Crippen LogP contribution in [0.3, 0.4) is 0 Å². The maximum atomic E-state index is 11.4. The van der Waals surface area contributed by atoms with E-state index in [1.807, 2.05) is 5.38 Å². The number of aromatic nitrogens is 1. The van der Waals surface area contributed by atoms with Crippen LogP contribution in [0.25, 0.3) is 0 Å². The van der Waals surface area contributed by atoms with E-state index in [2.05, 4.69) is 29.5 Å². The fourth-order valence-electron chi connectivity index (χ4n) is 1.51. The first-order chi connectivity index (χ1) is 9.49. The van der Waals surface area contributed by atoms with Crippen molar-refractivity contribution in [1.82, 2.24) is 15.6 Å². The van der Waals surface area contributed by atoms with Crippen molar-refractivity contribution in [3.8, 4) is 0 Å². The number of nitrogens with zero attached hydrogens (tertiary/aromatic N) is 1. The molecule has 1 aromatic heterocycles. The number of nitrogens with one attached hydrogen (secondary N) is 2. The fraction of sp³-hybridized carbons (Fsp3) is 0.615. The van der Waals surface area contributed by atoms with Crippen LogP contribution in [0.2, 0.25) is 0 Å². The van der Waals surface area contributed by atoms with Gasteiger partial charge >= 0.3 is 12.0 Å². The topological polar surface area (TPSA) is 91.3 Å². The number of carboxylic acids is 1. The van der Waals surface area contributed by atoms with Gasteiger partial charge in [-0.3, -0.25) is 4.79 Å². The summed E-state index contributed by atoms with van der Waals surface area (Å²) in [5.74, 6) is -0.420. The Morgan fingerprint density at radius 3 is 2.65 bits per heavy atom. The number of carbonyl (C=O) groups is 2. The summed E-state index contributed by atoms with van der Waals surface area (Å²) in [6.07, 6.45) is 1.20. The lowest BCUT2D eigenvalue weighted by Crippen LogP contribution is -2.37. The molecule has 0 spiro atoms. The fourth-order valence-corrected chi connectivity index (χ4v) is 2.38. The van der Waals surface area contributed by atoms with Crippen LogP contribution in [0.1, 0.15) is 43.3 Å². The lowest BCUT2D eigenvalue weighted by Gasteiger charge is -2.06. The van der Waals surface area contributed by atoms with Crippen LogP contribution in [-0.2, 0) is 11.2 Å². The van der Waals surface area contributed by atoms with Gasteiger partial charge in [0.15, 0.2) is 0 Å². The van der Waals surface area contributed by atoms with Gasteiger partial charge in [0.25, 0.3) is 0 Å². The van der Waals surface area contributed by atoms with E-state index in [0.717, 1.165) is 10.7 Å². The minimum Gasteiger partial charge on any atom is -0.481 e. The molecule has 1 heterocycles. The molecule has 0 radical (unpaired) electrons. The van der Waals surface area contributed by atoms with Crippen LogP contribution in [0.5, 0.6) is 0 Å². The highest BCUT2D eigenvalue weighted by molar-refractivity contribution is 7.09. The summed E-state index contributed by atoms with van der Waals surface area (Å²) in [4.78, 5) is 26.2. The van der Waals surface area contributed by atoms with Gasteiger partial charge in [0.1, 0.15) is 0 Å². The summed E-state index contributed by atoms with van der Waals surface area (Å²) in [7, 11) is 0. The van der Waals surface area contributed by atoms with E-state index >= 15 is 0 Å². The summed E-state index contributed by atoms with van der Waals surface area (Å²) >= 11 is 1.64. The van der Waals surface area contributed by atoms with Crippen molar-refractivity contribution in [2.45, 2.75) is 39.0 Å². The number of hydrogen-bond donors (Lipinski definition) is 3. The number of carboxylic acid groups (broad SMARTS) is 1. The Balaban J connectivity index is 2.13. The van der Waals surface area contributed by atoms with Crippen molar-refractivity contribution in [3.63, 3.8) is 0 Å². The molecular formula is C13H21N3O3S. The molecule has 7 heteroatoms. The summed E-state index contributed by atoms with van der Waals surface area (Å²) in [5, 5.41) is 16.9.